The molecule has 7 nitrogen and oxygen atoms in total. The zero-order valence-corrected chi connectivity index (χ0v) is 19.7. The molecule has 0 aromatic heterocycles. The molecular weight excluding hydrogens is 444 g/mol. The van der Waals surface area contributed by atoms with E-state index in [0.29, 0.717) is 12.8 Å². The van der Waals surface area contributed by atoms with Crippen molar-refractivity contribution in [1.29, 1.82) is 0 Å². The van der Waals surface area contributed by atoms with Crippen molar-refractivity contribution >= 4 is 18.0 Å². The van der Waals surface area contributed by atoms with Gasteiger partial charge in [0.25, 0.3) is 0 Å². The first-order chi connectivity index (χ1) is 17.0. The number of amides is 2. The lowest BCUT2D eigenvalue weighted by Crippen LogP contribution is -2.51. The maximum atomic E-state index is 12.8. The van der Waals surface area contributed by atoms with Crippen LogP contribution in [0, 0.1) is 11.8 Å². The summed E-state index contributed by atoms with van der Waals surface area (Å²) in [6.07, 6.45) is 4.99. The smallest absolute Gasteiger partial charge is 0.407 e. The maximum Gasteiger partial charge on any atom is 0.407 e. The standard InChI is InChI=1S/C28H32N2O5/c31-26(30-25(27(32)33)17-7-5-8-17)18-9-6-10-19(15-18)29-28(34)35-16-24-22-13-3-1-11-20(22)21-12-2-4-14-23(21)24/h1-4,11-14,17-19,24-25H,5-10,15-16H2,(H,29,34)(H,30,31)(H,32,33)/t18-,19+,25?/m0/s1. The number of aliphatic carboxylic acids is 1. The van der Waals surface area contributed by atoms with Gasteiger partial charge in [0, 0.05) is 17.9 Å². The van der Waals surface area contributed by atoms with E-state index in [1.807, 2.05) is 24.3 Å². The van der Waals surface area contributed by atoms with Crippen molar-refractivity contribution in [2.24, 2.45) is 11.8 Å². The van der Waals surface area contributed by atoms with Crippen molar-refractivity contribution in [3.63, 3.8) is 0 Å². The van der Waals surface area contributed by atoms with Crippen molar-refractivity contribution in [2.45, 2.75) is 62.9 Å². The predicted octanol–water partition coefficient (Wildman–Crippen LogP) is 4.45. The fourth-order valence-corrected chi connectivity index (χ4v) is 5.79. The highest BCUT2D eigenvalue weighted by molar-refractivity contribution is 5.85. The van der Waals surface area contributed by atoms with Gasteiger partial charge in [-0.25, -0.2) is 9.59 Å². The normalized spacial score (nSPS) is 22.3. The summed E-state index contributed by atoms with van der Waals surface area (Å²) in [5.41, 5.74) is 4.69. The topological polar surface area (TPSA) is 105 Å². The van der Waals surface area contributed by atoms with Crippen LogP contribution < -0.4 is 10.6 Å². The molecule has 0 radical (unpaired) electrons. The van der Waals surface area contributed by atoms with Gasteiger partial charge in [0.15, 0.2) is 0 Å². The third-order valence-corrected chi connectivity index (χ3v) is 7.90. The Morgan fingerprint density at radius 3 is 2.14 bits per heavy atom. The summed E-state index contributed by atoms with van der Waals surface area (Å²) >= 11 is 0. The fraction of sp³-hybridized carbons (Fsp3) is 0.464. The lowest BCUT2D eigenvalue weighted by molar-refractivity contribution is -0.145. The van der Waals surface area contributed by atoms with E-state index in [1.165, 1.54) is 11.1 Å². The number of ether oxygens (including phenoxy) is 1. The molecule has 3 atom stereocenters. The lowest BCUT2D eigenvalue weighted by atomic mass is 9.79. The number of carboxylic acid groups (broad SMARTS) is 1. The van der Waals surface area contributed by atoms with Crippen LogP contribution in [0.3, 0.4) is 0 Å². The Kier molecular flexibility index (Phi) is 6.75. The first-order valence-electron chi connectivity index (χ1n) is 12.7. The molecule has 1 unspecified atom stereocenters. The van der Waals surface area contributed by atoms with E-state index in [4.69, 9.17) is 4.74 Å². The summed E-state index contributed by atoms with van der Waals surface area (Å²) in [6, 6.07) is 15.4. The van der Waals surface area contributed by atoms with Gasteiger partial charge in [-0.3, -0.25) is 4.79 Å². The maximum absolute atomic E-state index is 12.8. The van der Waals surface area contributed by atoms with Crippen LogP contribution in [0.4, 0.5) is 4.79 Å². The second-order valence-electron chi connectivity index (χ2n) is 10.0. The molecule has 35 heavy (non-hydrogen) atoms. The average Bonchev–Trinajstić information content (AvgIpc) is 3.15. The molecule has 3 aliphatic carbocycles. The second-order valence-corrected chi connectivity index (χ2v) is 10.0. The van der Waals surface area contributed by atoms with E-state index >= 15 is 0 Å². The van der Waals surface area contributed by atoms with E-state index in [2.05, 4.69) is 34.9 Å². The van der Waals surface area contributed by atoms with Crippen LogP contribution in [-0.4, -0.2) is 41.8 Å². The van der Waals surface area contributed by atoms with Crippen molar-refractivity contribution in [3.8, 4) is 11.1 Å². The first-order valence-corrected chi connectivity index (χ1v) is 12.7. The Balaban J connectivity index is 1.15. The molecule has 0 bridgehead atoms. The molecule has 2 aromatic rings. The van der Waals surface area contributed by atoms with Crippen LogP contribution in [0.5, 0.6) is 0 Å². The number of carboxylic acids is 1. The minimum atomic E-state index is -0.966. The Morgan fingerprint density at radius 2 is 1.54 bits per heavy atom. The number of fused-ring (bicyclic) bond motifs is 3. The number of carbonyl (C=O) groups is 3. The number of hydrogen-bond donors (Lipinski definition) is 3. The number of carbonyl (C=O) groups excluding carboxylic acids is 2. The Morgan fingerprint density at radius 1 is 0.914 bits per heavy atom. The minimum Gasteiger partial charge on any atom is -0.480 e. The summed E-state index contributed by atoms with van der Waals surface area (Å²) < 4.78 is 5.66. The number of hydrogen-bond acceptors (Lipinski definition) is 4. The molecule has 2 saturated carbocycles. The summed E-state index contributed by atoms with van der Waals surface area (Å²) in [7, 11) is 0. The highest BCUT2D eigenvalue weighted by Crippen LogP contribution is 2.44. The molecule has 3 aliphatic rings. The van der Waals surface area contributed by atoms with Crippen molar-refractivity contribution < 1.29 is 24.2 Å². The summed E-state index contributed by atoms with van der Waals surface area (Å²) in [6.45, 7) is 0.248. The molecule has 0 spiro atoms. The Hall–Kier alpha value is -3.35. The molecule has 0 aliphatic heterocycles. The fourth-order valence-electron chi connectivity index (χ4n) is 5.79. The Bertz CT molecular complexity index is 1070. The molecule has 2 amide bonds. The molecule has 2 aromatic carbocycles. The van der Waals surface area contributed by atoms with E-state index in [9.17, 15) is 19.5 Å². The van der Waals surface area contributed by atoms with Gasteiger partial charge in [0.05, 0.1) is 0 Å². The van der Waals surface area contributed by atoms with Crippen LogP contribution in [-0.2, 0) is 14.3 Å². The van der Waals surface area contributed by atoms with Gasteiger partial charge >= 0.3 is 12.1 Å². The van der Waals surface area contributed by atoms with E-state index in [1.54, 1.807) is 0 Å². The number of nitrogens with one attached hydrogen (secondary N) is 2. The molecule has 5 rings (SSSR count). The SMILES string of the molecule is O=C(N[C@@H]1CCC[C@H](C(=O)NC(C(=O)O)C2CCC2)C1)OCC1c2ccccc2-c2ccccc21. The zero-order valence-electron chi connectivity index (χ0n) is 19.7. The molecule has 2 fully saturated rings. The quantitative estimate of drug-likeness (QED) is 0.548. The van der Waals surface area contributed by atoms with Crippen LogP contribution in [0.2, 0.25) is 0 Å². The molecule has 7 heteroatoms. The molecule has 184 valence electrons. The number of benzene rings is 2. The molecule has 0 heterocycles. The van der Waals surface area contributed by atoms with Crippen LogP contribution in [0.15, 0.2) is 48.5 Å². The van der Waals surface area contributed by atoms with Gasteiger partial charge in [0.2, 0.25) is 5.91 Å². The highest BCUT2D eigenvalue weighted by Gasteiger charge is 2.37. The number of alkyl carbamates (subject to hydrolysis) is 1. The second kappa shape index (κ2) is 10.1. The average molecular weight is 477 g/mol. The van der Waals surface area contributed by atoms with Gasteiger partial charge in [-0.15, -0.1) is 0 Å². The van der Waals surface area contributed by atoms with Crippen LogP contribution in [0.25, 0.3) is 11.1 Å². The van der Waals surface area contributed by atoms with Gasteiger partial charge < -0.3 is 20.5 Å². The highest BCUT2D eigenvalue weighted by atomic mass is 16.5. The summed E-state index contributed by atoms with van der Waals surface area (Å²) in [4.78, 5) is 37.1. The van der Waals surface area contributed by atoms with Gasteiger partial charge in [-0.2, -0.15) is 0 Å². The molecular formula is C28H32N2O5. The number of rotatable bonds is 7. The van der Waals surface area contributed by atoms with E-state index in [0.717, 1.165) is 43.2 Å². The largest absolute Gasteiger partial charge is 0.480 e. The van der Waals surface area contributed by atoms with Gasteiger partial charge in [-0.1, -0.05) is 61.4 Å². The van der Waals surface area contributed by atoms with Gasteiger partial charge in [-0.05, 0) is 60.3 Å². The Labute approximate surface area is 205 Å². The molecule has 0 saturated heterocycles. The van der Waals surface area contributed by atoms with E-state index in [-0.39, 0.29) is 36.3 Å². The summed E-state index contributed by atoms with van der Waals surface area (Å²) in [5, 5.41) is 15.2. The van der Waals surface area contributed by atoms with Crippen LogP contribution >= 0.6 is 0 Å². The lowest BCUT2D eigenvalue weighted by Gasteiger charge is -2.34. The zero-order chi connectivity index (χ0) is 24.4. The van der Waals surface area contributed by atoms with Gasteiger partial charge in [0.1, 0.15) is 12.6 Å². The summed E-state index contributed by atoms with van der Waals surface area (Å²) in [5.74, 6) is -1.47. The minimum absolute atomic E-state index is 0.00232. The van der Waals surface area contributed by atoms with Crippen molar-refractivity contribution in [2.75, 3.05) is 6.61 Å². The third-order valence-electron chi connectivity index (χ3n) is 7.90. The predicted molar refractivity (Wildman–Crippen MR) is 131 cm³/mol. The van der Waals surface area contributed by atoms with Crippen LogP contribution in [0.1, 0.15) is 62.0 Å². The third kappa shape index (κ3) is 4.90. The first kappa shape index (κ1) is 23.4. The molecule has 3 N–H and O–H groups in total. The van der Waals surface area contributed by atoms with Crippen molar-refractivity contribution in [3.05, 3.63) is 59.7 Å². The van der Waals surface area contributed by atoms with E-state index < -0.39 is 18.1 Å². The monoisotopic (exact) mass is 476 g/mol. The van der Waals surface area contributed by atoms with Crippen molar-refractivity contribution in [1.82, 2.24) is 10.6 Å².